The summed E-state index contributed by atoms with van der Waals surface area (Å²) in [6.45, 7) is 2.52. The third-order valence-electron chi connectivity index (χ3n) is 4.73. The zero-order valence-corrected chi connectivity index (χ0v) is 13.2. The van der Waals surface area contributed by atoms with Crippen molar-refractivity contribution in [3.05, 3.63) is 0 Å². The highest BCUT2D eigenvalue weighted by molar-refractivity contribution is 7.80. The molecule has 2 aliphatic rings. The van der Waals surface area contributed by atoms with Gasteiger partial charge in [0.15, 0.2) is 0 Å². The van der Waals surface area contributed by atoms with E-state index in [1.165, 1.54) is 19.3 Å². The molecule has 1 unspecified atom stereocenters. The number of thiocarbonyl (C=S) groups is 1. The Morgan fingerprint density at radius 2 is 1.70 bits per heavy atom. The summed E-state index contributed by atoms with van der Waals surface area (Å²) in [6.07, 6.45) is 9.18. The molecule has 114 valence electrons. The SMILES string of the molecule is CC1(C(=O)NC2(C(N)=S)CCCCCCC2)CCCO1. The summed E-state index contributed by atoms with van der Waals surface area (Å²) >= 11 is 5.28. The van der Waals surface area contributed by atoms with Crippen LogP contribution in [0.5, 0.6) is 0 Å². The number of hydrogen-bond acceptors (Lipinski definition) is 3. The zero-order chi connectivity index (χ0) is 14.6. The predicted molar refractivity (Wildman–Crippen MR) is 83.6 cm³/mol. The number of carbonyl (C=O) groups is 1. The maximum atomic E-state index is 12.6. The summed E-state index contributed by atoms with van der Waals surface area (Å²) in [6, 6.07) is 0. The fraction of sp³-hybridized carbons (Fsp3) is 0.867. The van der Waals surface area contributed by atoms with Crippen LogP contribution in [0.2, 0.25) is 0 Å². The third-order valence-corrected chi connectivity index (χ3v) is 5.12. The van der Waals surface area contributed by atoms with E-state index in [9.17, 15) is 4.79 Å². The molecule has 0 radical (unpaired) electrons. The maximum Gasteiger partial charge on any atom is 0.252 e. The topological polar surface area (TPSA) is 64.4 Å². The third kappa shape index (κ3) is 3.31. The number of nitrogens with two attached hydrogens (primary N) is 1. The number of hydrogen-bond donors (Lipinski definition) is 2. The monoisotopic (exact) mass is 298 g/mol. The largest absolute Gasteiger partial charge is 0.391 e. The molecule has 1 saturated heterocycles. The standard InChI is InChI=1S/C15H26N2O2S/c1-14(8-7-11-19-14)13(18)17-15(12(16)20)9-5-3-2-4-6-10-15/h2-11H2,1H3,(H2,16,20)(H,17,18). The summed E-state index contributed by atoms with van der Waals surface area (Å²) in [7, 11) is 0. The molecular formula is C15H26N2O2S. The number of carbonyl (C=O) groups excluding carboxylic acids is 1. The molecule has 0 aromatic carbocycles. The van der Waals surface area contributed by atoms with Crippen molar-refractivity contribution in [3.63, 3.8) is 0 Å². The average molecular weight is 298 g/mol. The second-order valence-electron chi connectivity index (χ2n) is 6.35. The summed E-state index contributed by atoms with van der Waals surface area (Å²) in [5.41, 5.74) is 4.77. The molecule has 1 aliphatic carbocycles. The smallest absolute Gasteiger partial charge is 0.252 e. The fourth-order valence-corrected chi connectivity index (χ4v) is 3.50. The van der Waals surface area contributed by atoms with Gasteiger partial charge in [0.25, 0.3) is 5.91 Å². The number of rotatable bonds is 3. The number of nitrogens with one attached hydrogen (secondary N) is 1. The Morgan fingerprint density at radius 1 is 1.10 bits per heavy atom. The molecule has 1 amide bonds. The van der Waals surface area contributed by atoms with Gasteiger partial charge in [-0.25, -0.2) is 0 Å². The van der Waals surface area contributed by atoms with E-state index in [0.717, 1.165) is 38.5 Å². The zero-order valence-electron chi connectivity index (χ0n) is 12.4. The molecule has 3 N–H and O–H groups in total. The van der Waals surface area contributed by atoms with Crippen LogP contribution in [0.3, 0.4) is 0 Å². The lowest BCUT2D eigenvalue weighted by Crippen LogP contribution is -2.61. The first-order chi connectivity index (χ1) is 9.49. The van der Waals surface area contributed by atoms with Crippen LogP contribution in [0.4, 0.5) is 0 Å². The van der Waals surface area contributed by atoms with Crippen LogP contribution in [-0.4, -0.2) is 28.6 Å². The van der Waals surface area contributed by atoms with Crippen LogP contribution in [-0.2, 0) is 9.53 Å². The van der Waals surface area contributed by atoms with Gasteiger partial charge in [0.2, 0.25) is 0 Å². The Morgan fingerprint density at radius 3 is 2.20 bits per heavy atom. The summed E-state index contributed by atoms with van der Waals surface area (Å²) < 4.78 is 5.63. The van der Waals surface area contributed by atoms with E-state index in [0.29, 0.717) is 11.6 Å². The maximum absolute atomic E-state index is 12.6. The van der Waals surface area contributed by atoms with Gasteiger partial charge in [-0.3, -0.25) is 4.79 Å². The van der Waals surface area contributed by atoms with Crippen molar-refractivity contribution in [1.82, 2.24) is 5.32 Å². The highest BCUT2D eigenvalue weighted by Gasteiger charge is 2.43. The van der Waals surface area contributed by atoms with Crippen molar-refractivity contribution < 1.29 is 9.53 Å². The van der Waals surface area contributed by atoms with Crippen molar-refractivity contribution in [2.24, 2.45) is 5.73 Å². The van der Waals surface area contributed by atoms with E-state index in [1.54, 1.807) is 0 Å². The van der Waals surface area contributed by atoms with Gasteiger partial charge in [-0.05, 0) is 32.6 Å². The minimum atomic E-state index is -0.708. The molecule has 1 heterocycles. The van der Waals surface area contributed by atoms with Crippen molar-refractivity contribution in [3.8, 4) is 0 Å². The molecule has 20 heavy (non-hydrogen) atoms. The molecule has 0 bridgehead atoms. The second kappa shape index (κ2) is 6.39. The van der Waals surface area contributed by atoms with Crippen LogP contribution >= 0.6 is 12.2 Å². The Bertz CT molecular complexity index is 370. The van der Waals surface area contributed by atoms with Gasteiger partial charge in [-0.15, -0.1) is 0 Å². The Hall–Kier alpha value is -0.680. The van der Waals surface area contributed by atoms with Gasteiger partial charge in [0, 0.05) is 6.61 Å². The minimum Gasteiger partial charge on any atom is -0.391 e. The molecule has 4 nitrogen and oxygen atoms in total. The minimum absolute atomic E-state index is 0.0524. The molecule has 5 heteroatoms. The van der Waals surface area contributed by atoms with Crippen LogP contribution in [0, 0.1) is 0 Å². The van der Waals surface area contributed by atoms with Gasteiger partial charge in [-0.1, -0.05) is 44.3 Å². The van der Waals surface area contributed by atoms with Gasteiger partial charge < -0.3 is 15.8 Å². The normalized spacial score (nSPS) is 30.2. The Labute approximate surface area is 126 Å². The van der Waals surface area contributed by atoms with Crippen LogP contribution in [0.25, 0.3) is 0 Å². The summed E-state index contributed by atoms with van der Waals surface area (Å²) in [5.74, 6) is -0.0524. The van der Waals surface area contributed by atoms with Crippen LogP contribution in [0.1, 0.15) is 64.7 Å². The average Bonchev–Trinajstić information content (AvgIpc) is 2.80. The Balaban J connectivity index is 2.11. The van der Waals surface area contributed by atoms with Gasteiger partial charge in [0.05, 0.1) is 10.5 Å². The highest BCUT2D eigenvalue weighted by Crippen LogP contribution is 2.30. The lowest BCUT2D eigenvalue weighted by molar-refractivity contribution is -0.141. The van der Waals surface area contributed by atoms with E-state index in [1.807, 2.05) is 6.92 Å². The second-order valence-corrected chi connectivity index (χ2v) is 6.79. The quantitative estimate of drug-likeness (QED) is 0.786. The molecule has 0 spiro atoms. The Kier molecular flexibility index (Phi) is 5.02. The van der Waals surface area contributed by atoms with Crippen LogP contribution < -0.4 is 11.1 Å². The van der Waals surface area contributed by atoms with E-state index in [-0.39, 0.29) is 5.91 Å². The summed E-state index contributed by atoms with van der Waals surface area (Å²) in [5, 5.41) is 3.15. The molecular weight excluding hydrogens is 272 g/mol. The van der Waals surface area contributed by atoms with Crippen molar-refractivity contribution in [2.75, 3.05) is 6.61 Å². The van der Waals surface area contributed by atoms with E-state index >= 15 is 0 Å². The number of amides is 1. The first kappa shape index (κ1) is 15.7. The predicted octanol–water partition coefficient (Wildman–Crippen LogP) is 2.44. The number of ether oxygens (including phenoxy) is 1. The molecule has 0 aromatic heterocycles. The van der Waals surface area contributed by atoms with Crippen molar-refractivity contribution in [1.29, 1.82) is 0 Å². The first-order valence-corrected chi connectivity index (χ1v) is 8.16. The van der Waals surface area contributed by atoms with Crippen LogP contribution in [0.15, 0.2) is 0 Å². The molecule has 1 aliphatic heterocycles. The van der Waals surface area contributed by atoms with E-state index < -0.39 is 11.1 Å². The lowest BCUT2D eigenvalue weighted by atomic mass is 9.83. The molecule has 2 fully saturated rings. The summed E-state index contributed by atoms with van der Waals surface area (Å²) in [4.78, 5) is 13.0. The highest BCUT2D eigenvalue weighted by atomic mass is 32.1. The van der Waals surface area contributed by atoms with E-state index in [4.69, 9.17) is 22.7 Å². The van der Waals surface area contributed by atoms with Gasteiger partial charge >= 0.3 is 0 Å². The molecule has 2 rings (SSSR count). The molecule has 1 saturated carbocycles. The van der Waals surface area contributed by atoms with Gasteiger partial charge in [0.1, 0.15) is 5.60 Å². The first-order valence-electron chi connectivity index (χ1n) is 7.75. The molecule has 1 atom stereocenters. The van der Waals surface area contributed by atoms with E-state index in [2.05, 4.69) is 5.32 Å². The van der Waals surface area contributed by atoms with Gasteiger partial charge in [-0.2, -0.15) is 0 Å². The fourth-order valence-electron chi connectivity index (χ4n) is 3.25. The van der Waals surface area contributed by atoms with Crippen molar-refractivity contribution in [2.45, 2.75) is 75.9 Å². The van der Waals surface area contributed by atoms with Crippen molar-refractivity contribution >= 4 is 23.1 Å². The lowest BCUT2D eigenvalue weighted by Gasteiger charge is -2.38. The molecule has 0 aromatic rings.